The molecule has 0 bridgehead atoms. The van der Waals surface area contributed by atoms with Gasteiger partial charge in [0.2, 0.25) is 6.08 Å². The van der Waals surface area contributed by atoms with E-state index < -0.39 is 15.4 Å². The Morgan fingerprint density at radius 2 is 1.88 bits per heavy atom. The Hall–Kier alpha value is -1.45. The van der Waals surface area contributed by atoms with Crippen molar-refractivity contribution < 1.29 is 13.2 Å². The van der Waals surface area contributed by atoms with E-state index in [0.717, 1.165) is 18.4 Å². The van der Waals surface area contributed by atoms with Crippen LogP contribution in [-0.2, 0) is 20.2 Å². The van der Waals surface area contributed by atoms with Crippen LogP contribution in [0.25, 0.3) is 0 Å². The van der Waals surface area contributed by atoms with Gasteiger partial charge in [0.15, 0.2) is 9.84 Å². The van der Waals surface area contributed by atoms with Crippen LogP contribution in [0.2, 0.25) is 0 Å². The van der Waals surface area contributed by atoms with Crippen molar-refractivity contribution in [2.45, 2.75) is 30.2 Å². The van der Waals surface area contributed by atoms with Crippen molar-refractivity contribution in [2.75, 3.05) is 5.75 Å². The van der Waals surface area contributed by atoms with Gasteiger partial charge in [-0.05, 0) is 30.5 Å². The van der Waals surface area contributed by atoms with Crippen LogP contribution < -0.4 is 0 Å². The number of hydrogen-bond acceptors (Lipinski definition) is 4. The van der Waals surface area contributed by atoms with Gasteiger partial charge in [0, 0.05) is 0 Å². The highest BCUT2D eigenvalue weighted by Gasteiger charge is 2.44. The third-order valence-electron chi connectivity index (χ3n) is 3.11. The third-order valence-corrected chi connectivity index (χ3v) is 4.86. The molecule has 0 unspecified atom stereocenters. The zero-order valence-corrected chi connectivity index (χ0v) is 10.3. The van der Waals surface area contributed by atoms with Crippen LogP contribution in [0.3, 0.4) is 0 Å². The van der Waals surface area contributed by atoms with Crippen LogP contribution in [0.1, 0.15) is 25.3 Å². The molecule has 90 valence electrons. The van der Waals surface area contributed by atoms with E-state index >= 15 is 0 Å². The van der Waals surface area contributed by atoms with Crippen molar-refractivity contribution in [1.82, 2.24) is 0 Å². The summed E-state index contributed by atoms with van der Waals surface area (Å²) in [4.78, 5) is 14.4. The second-order valence-corrected chi connectivity index (χ2v) is 6.44. The summed E-state index contributed by atoms with van der Waals surface area (Å²) >= 11 is 0. The Bertz CT molecular complexity index is 564. The summed E-state index contributed by atoms with van der Waals surface area (Å²) in [5.41, 5.74) is 0.451. The molecular formula is C12H13NO3S. The average Bonchev–Trinajstić information content (AvgIpc) is 3.11. The largest absolute Gasteiger partial charge is 0.235 e. The highest BCUT2D eigenvalue weighted by atomic mass is 32.2. The van der Waals surface area contributed by atoms with Gasteiger partial charge in [-0.15, -0.1) is 0 Å². The Kier molecular flexibility index (Phi) is 2.89. The summed E-state index contributed by atoms with van der Waals surface area (Å²) < 4.78 is 23.2. The molecule has 1 aromatic carbocycles. The van der Waals surface area contributed by atoms with Gasteiger partial charge in [-0.2, -0.15) is 4.99 Å². The zero-order chi connectivity index (χ0) is 12.5. The molecule has 0 heterocycles. The topological polar surface area (TPSA) is 63.6 Å². The number of benzene rings is 1. The molecule has 0 amide bonds. The van der Waals surface area contributed by atoms with E-state index in [1.54, 1.807) is 37.3 Å². The van der Waals surface area contributed by atoms with E-state index in [2.05, 4.69) is 4.99 Å². The summed E-state index contributed by atoms with van der Waals surface area (Å²) in [6, 6.07) is 6.62. The smallest absolute Gasteiger partial charge is 0.224 e. The normalized spacial score (nSPS) is 17.2. The SMILES string of the molecule is CCS(=O)(=O)c1ccc(C2(N=C=O)CC2)cc1. The van der Waals surface area contributed by atoms with Gasteiger partial charge >= 0.3 is 0 Å². The number of hydrogen-bond donors (Lipinski definition) is 0. The Balaban J connectivity index is 2.35. The summed E-state index contributed by atoms with van der Waals surface area (Å²) in [5.74, 6) is 0.0873. The molecule has 5 heteroatoms. The lowest BCUT2D eigenvalue weighted by molar-refractivity contribution is 0.556. The number of nitrogens with zero attached hydrogens (tertiary/aromatic N) is 1. The zero-order valence-electron chi connectivity index (χ0n) is 9.51. The lowest BCUT2D eigenvalue weighted by Crippen LogP contribution is -2.06. The Morgan fingerprint density at radius 1 is 1.29 bits per heavy atom. The van der Waals surface area contributed by atoms with Crippen LogP contribution in [0.4, 0.5) is 0 Å². The second-order valence-electron chi connectivity index (χ2n) is 4.16. The average molecular weight is 251 g/mol. The maximum Gasteiger partial charge on any atom is 0.235 e. The molecule has 0 radical (unpaired) electrons. The fourth-order valence-corrected chi connectivity index (χ4v) is 2.69. The highest BCUT2D eigenvalue weighted by molar-refractivity contribution is 7.91. The van der Waals surface area contributed by atoms with Crippen molar-refractivity contribution in [1.29, 1.82) is 0 Å². The van der Waals surface area contributed by atoms with E-state index in [4.69, 9.17) is 0 Å². The van der Waals surface area contributed by atoms with Gasteiger partial charge in [0.05, 0.1) is 16.2 Å². The molecule has 0 spiro atoms. The van der Waals surface area contributed by atoms with Crippen LogP contribution in [-0.4, -0.2) is 20.3 Å². The van der Waals surface area contributed by atoms with Crippen molar-refractivity contribution in [3.63, 3.8) is 0 Å². The number of sulfone groups is 1. The second kappa shape index (κ2) is 4.09. The summed E-state index contributed by atoms with van der Waals surface area (Å²) in [7, 11) is -3.16. The predicted molar refractivity (Wildman–Crippen MR) is 63.2 cm³/mol. The number of isocyanates is 1. The number of aliphatic imine (C=N–C) groups is 1. The monoisotopic (exact) mass is 251 g/mol. The van der Waals surface area contributed by atoms with Crippen molar-refractivity contribution in [2.24, 2.45) is 4.99 Å². The van der Waals surface area contributed by atoms with Gasteiger partial charge in [0.1, 0.15) is 0 Å². The molecule has 0 saturated heterocycles. The highest BCUT2D eigenvalue weighted by Crippen LogP contribution is 2.49. The Morgan fingerprint density at radius 3 is 2.29 bits per heavy atom. The van der Waals surface area contributed by atoms with Crippen LogP contribution >= 0.6 is 0 Å². The predicted octanol–water partition coefficient (Wildman–Crippen LogP) is 1.81. The molecule has 1 aliphatic carbocycles. The minimum Gasteiger partial charge on any atom is -0.224 e. The van der Waals surface area contributed by atoms with E-state index in [0.29, 0.717) is 4.90 Å². The molecule has 0 aliphatic heterocycles. The first-order valence-electron chi connectivity index (χ1n) is 5.46. The molecule has 1 saturated carbocycles. The molecule has 4 nitrogen and oxygen atoms in total. The minimum atomic E-state index is -3.16. The van der Waals surface area contributed by atoms with Gasteiger partial charge in [-0.3, -0.25) is 0 Å². The molecular weight excluding hydrogens is 238 g/mol. The van der Waals surface area contributed by atoms with Gasteiger partial charge < -0.3 is 0 Å². The van der Waals surface area contributed by atoms with Crippen LogP contribution in [0.5, 0.6) is 0 Å². The third kappa shape index (κ3) is 2.16. The molecule has 1 fully saturated rings. The first-order chi connectivity index (χ1) is 8.04. The van der Waals surface area contributed by atoms with Gasteiger partial charge in [0.25, 0.3) is 0 Å². The fourth-order valence-electron chi connectivity index (χ4n) is 1.81. The fraction of sp³-hybridized carbons (Fsp3) is 0.417. The van der Waals surface area contributed by atoms with E-state index in [1.165, 1.54) is 0 Å². The molecule has 1 aliphatic rings. The lowest BCUT2D eigenvalue weighted by atomic mass is 10.1. The quantitative estimate of drug-likeness (QED) is 0.605. The maximum absolute atomic E-state index is 11.6. The Labute approximate surface area is 100 Å². The van der Waals surface area contributed by atoms with Crippen molar-refractivity contribution in [3.8, 4) is 0 Å². The molecule has 17 heavy (non-hydrogen) atoms. The first kappa shape index (κ1) is 12.0. The summed E-state index contributed by atoms with van der Waals surface area (Å²) in [6.07, 6.45) is 3.22. The van der Waals surface area contributed by atoms with E-state index in [1.807, 2.05) is 0 Å². The van der Waals surface area contributed by atoms with Crippen LogP contribution in [0.15, 0.2) is 34.2 Å². The van der Waals surface area contributed by atoms with E-state index in [9.17, 15) is 13.2 Å². The summed E-state index contributed by atoms with van der Waals surface area (Å²) in [5, 5.41) is 0. The van der Waals surface area contributed by atoms with Gasteiger partial charge in [-0.25, -0.2) is 13.2 Å². The molecule has 0 atom stereocenters. The van der Waals surface area contributed by atoms with Crippen molar-refractivity contribution >= 4 is 15.9 Å². The lowest BCUT2D eigenvalue weighted by Gasteiger charge is -2.08. The number of carbonyl (C=O) groups excluding carboxylic acids is 1. The standard InChI is InChI=1S/C12H13NO3S/c1-2-17(15,16)11-5-3-10(4-6-11)12(7-8-12)13-9-14/h3-6H,2,7-8H2,1H3. The molecule has 1 aromatic rings. The number of rotatable bonds is 4. The molecule has 2 rings (SSSR count). The summed E-state index contributed by atoms with van der Waals surface area (Å²) in [6.45, 7) is 1.61. The molecule has 0 aromatic heterocycles. The first-order valence-corrected chi connectivity index (χ1v) is 7.12. The van der Waals surface area contributed by atoms with Crippen LogP contribution in [0, 0.1) is 0 Å². The van der Waals surface area contributed by atoms with Crippen molar-refractivity contribution in [3.05, 3.63) is 29.8 Å². The molecule has 0 N–H and O–H groups in total. The van der Waals surface area contributed by atoms with E-state index in [-0.39, 0.29) is 5.75 Å². The van der Waals surface area contributed by atoms with Gasteiger partial charge in [-0.1, -0.05) is 19.1 Å². The minimum absolute atomic E-state index is 0.0873. The maximum atomic E-state index is 11.6.